The van der Waals surface area contributed by atoms with Gasteiger partial charge in [-0.1, -0.05) is 74.5 Å². The molecule has 42 heteroatoms. The van der Waals surface area contributed by atoms with Crippen molar-refractivity contribution in [2.75, 3.05) is 51.4 Å². The van der Waals surface area contributed by atoms with Crippen molar-refractivity contribution in [3.63, 3.8) is 0 Å². The van der Waals surface area contributed by atoms with Gasteiger partial charge in [0.15, 0.2) is 5.96 Å². The van der Waals surface area contributed by atoms with Gasteiger partial charge in [-0.05, 0) is 117 Å². The van der Waals surface area contributed by atoms with E-state index in [-0.39, 0.29) is 94.1 Å². The minimum absolute atomic E-state index is 0.00575. The van der Waals surface area contributed by atoms with Crippen LogP contribution in [0, 0.1) is 11.3 Å². The Bertz CT molecular complexity index is 4270. The normalized spacial score (nSPS) is 15.2. The van der Waals surface area contributed by atoms with Gasteiger partial charge in [-0.25, -0.2) is 10.4 Å². The third-order valence-electron chi connectivity index (χ3n) is 19.3. The number of carbonyl (C=O) groups excluding carboxylic acids is 14. The highest BCUT2D eigenvalue weighted by atomic mass is 32.2. The number of aromatic amines is 2. The van der Waals surface area contributed by atoms with Gasteiger partial charge in [0.1, 0.15) is 78.3 Å². The molecule has 12 atom stereocenters. The fourth-order valence-corrected chi connectivity index (χ4v) is 13.4. The summed E-state index contributed by atoms with van der Waals surface area (Å²) in [5.74, 6) is -14.9. The maximum atomic E-state index is 15.2. The molecule has 1 aliphatic heterocycles. The molecule has 0 aliphatic carbocycles. The number of rotatable bonds is 51. The number of hydrazine groups is 1. The number of amides is 14. The fourth-order valence-electron chi connectivity index (χ4n) is 12.9. The summed E-state index contributed by atoms with van der Waals surface area (Å²) in [4.78, 5) is 220. The molecule has 3 heterocycles. The molecule has 119 heavy (non-hydrogen) atoms. The Morgan fingerprint density at radius 1 is 0.588 bits per heavy atom. The van der Waals surface area contributed by atoms with Crippen LogP contribution in [0.15, 0.2) is 97.6 Å². The number of carboxylic acid groups (broad SMARTS) is 1. The molecule has 0 spiro atoms. The van der Waals surface area contributed by atoms with E-state index in [1.165, 1.54) is 53.5 Å². The summed E-state index contributed by atoms with van der Waals surface area (Å²) in [6.45, 7) is 2.24. The number of aliphatic hydroxyl groups excluding tert-OH is 2. The van der Waals surface area contributed by atoms with Crippen LogP contribution in [0.4, 0.5) is 0 Å². The number of nitrogens with two attached hydrogens (primary N) is 3. The van der Waals surface area contributed by atoms with Crippen molar-refractivity contribution >= 4 is 117 Å². The van der Waals surface area contributed by atoms with Crippen LogP contribution >= 0.6 is 11.8 Å². The third-order valence-corrected chi connectivity index (χ3v) is 19.9. The van der Waals surface area contributed by atoms with Gasteiger partial charge in [0, 0.05) is 81.1 Å². The number of aromatic nitrogens is 3. The Kier molecular flexibility index (Phi) is 39.4. The smallest absolute Gasteiger partial charge is 0.303 e. The zero-order valence-electron chi connectivity index (χ0n) is 66.5. The molecule has 6 rings (SSSR count). The average molecular weight is 1680 g/mol. The van der Waals surface area contributed by atoms with E-state index < -0.39 is 206 Å². The van der Waals surface area contributed by atoms with E-state index in [0.717, 1.165) is 6.92 Å². The second-order valence-corrected chi connectivity index (χ2v) is 29.8. The van der Waals surface area contributed by atoms with E-state index in [2.05, 4.69) is 89.6 Å². The quantitative estimate of drug-likeness (QED) is 0.00750. The highest BCUT2D eigenvalue weighted by Gasteiger charge is 2.41. The number of carboxylic acids is 1. The Hall–Kier alpha value is -12.3. The molecule has 5 aromatic rings. The van der Waals surface area contributed by atoms with Crippen molar-refractivity contribution in [3.8, 4) is 5.75 Å². The number of fused-ring (bicyclic) bond motifs is 1. The summed E-state index contributed by atoms with van der Waals surface area (Å²) >= 11 is 1.23. The number of primary amides is 1. The van der Waals surface area contributed by atoms with Crippen molar-refractivity contribution in [2.45, 2.75) is 183 Å². The number of imidazole rings is 1. The standard InChI is InChI=1S/C77H110N22O19S/c1-42(2)64(65(79)107)96-75(117)61-20-13-30-99(61)76(118)54(18-10-11-28-78)87-62(104)38-85-66(108)57(34-46-36-84-50-17-9-8-16-49(46)50)93-67(109)51(19-12-29-83-77(80)81)88-70(112)55(32-44-14-6-5-7-15-44)91-72(114)58(35-47-37-82-41-86-47)94-68(110)52(25-26-63(105)106)89-69(111)53(27-31-119-4)90-73(115)59(39-100)95-71(113)56(33-45-21-23-48(103)24-22-45)92-74(116)60(40-101)98-97-43(3)102/h5-9,14-17,21-24,36-37,41-42,51-61,64,84,98,100-101,103H,10-13,18-20,25-35,38-40,78H2,1-4H3,(H2,79,107)(H,82,86)(H,85,108)(H,87,104)(H,88,112)(H,89,111)(H,90,115)(H,91,114)(H,92,116)(H,93,109)(H,94,110)(H,95,113)(H,96,117)(H,97,102)(H,105,106)(H4,80,81,83)/t51-,52-,53-,54-,55+,56-,57-,58-,59-,60-,61-,64-/m0/s1. The first-order chi connectivity index (χ1) is 56.8. The van der Waals surface area contributed by atoms with Crippen molar-refractivity contribution in [1.29, 1.82) is 5.41 Å². The molecule has 27 N–H and O–H groups in total. The number of aliphatic carboxylic acids is 1. The van der Waals surface area contributed by atoms with Crippen molar-refractivity contribution in [1.82, 2.24) is 94.5 Å². The number of aromatic hydroxyl groups is 1. The zero-order chi connectivity index (χ0) is 87.3. The summed E-state index contributed by atoms with van der Waals surface area (Å²) < 4.78 is 0. The number of phenols is 1. The first-order valence-corrected chi connectivity index (χ1v) is 40.2. The zero-order valence-corrected chi connectivity index (χ0v) is 67.4. The number of guanidine groups is 1. The fraction of sp³-hybridized carbons (Fsp3) is 0.494. The molecule has 1 saturated heterocycles. The predicted molar refractivity (Wildman–Crippen MR) is 434 cm³/mol. The molecule has 1 aliphatic rings. The SMILES string of the molecule is CSCC[C@H](NC(=O)[C@H](CO)NC(=O)[C@H](Cc1ccc(O)cc1)NC(=O)[C@H](CO)NNC(C)=O)C(=O)N[C@@H](CCC(=O)O)C(=O)N[C@@H](Cc1cnc[nH]1)C(=O)N[C@H](Cc1ccccc1)C(=O)N[C@@H](CCCNC(=N)N)C(=O)N[C@@H](Cc1c[nH]c2ccccc12)C(=O)NCC(=O)N[C@@H](CCCCN)C(=O)N1CCC[C@H]1C(=O)N[C@H](C(N)=O)C(C)C. The number of para-hydroxylation sites is 1. The number of aliphatic hydroxyl groups is 2. The molecule has 3 aromatic carbocycles. The van der Waals surface area contributed by atoms with Crippen molar-refractivity contribution in [2.24, 2.45) is 23.1 Å². The van der Waals surface area contributed by atoms with Crippen LogP contribution in [0.5, 0.6) is 5.75 Å². The van der Waals surface area contributed by atoms with Gasteiger partial charge in [-0.2, -0.15) is 11.8 Å². The van der Waals surface area contributed by atoms with Gasteiger partial charge in [-0.3, -0.25) is 82.8 Å². The summed E-state index contributed by atoms with van der Waals surface area (Å²) in [5.41, 5.74) is 23.8. The number of carbonyl (C=O) groups is 15. The molecular weight excluding hydrogens is 1570 g/mol. The van der Waals surface area contributed by atoms with Gasteiger partial charge in [0.05, 0.1) is 26.1 Å². The van der Waals surface area contributed by atoms with Gasteiger partial charge in [-0.15, -0.1) is 0 Å². The lowest BCUT2D eigenvalue weighted by Crippen LogP contribution is -2.61. The topological polar surface area (TPSA) is 655 Å². The van der Waals surface area contributed by atoms with Crippen LogP contribution in [0.2, 0.25) is 0 Å². The summed E-state index contributed by atoms with van der Waals surface area (Å²) in [5, 5.41) is 79.8. The lowest BCUT2D eigenvalue weighted by atomic mass is 10.0. The van der Waals surface area contributed by atoms with E-state index in [9.17, 15) is 78.0 Å². The number of benzene rings is 3. The van der Waals surface area contributed by atoms with Crippen molar-refractivity contribution < 1.29 is 92.3 Å². The largest absolute Gasteiger partial charge is 0.508 e. The van der Waals surface area contributed by atoms with Gasteiger partial charge in [0.2, 0.25) is 82.7 Å². The van der Waals surface area contributed by atoms with Crippen LogP contribution in [-0.4, -0.2) is 259 Å². The first kappa shape index (κ1) is 95.6. The second kappa shape index (κ2) is 49.1. The van der Waals surface area contributed by atoms with Gasteiger partial charge in [0.25, 0.3) is 0 Å². The Morgan fingerprint density at radius 2 is 1.12 bits per heavy atom. The van der Waals surface area contributed by atoms with Crippen LogP contribution in [0.3, 0.4) is 0 Å². The minimum atomic E-state index is -1.84. The lowest BCUT2D eigenvalue weighted by Gasteiger charge is -2.30. The molecule has 0 bridgehead atoms. The monoisotopic (exact) mass is 1680 g/mol. The maximum absolute atomic E-state index is 15.2. The molecular formula is C77H110N22O19S. The summed E-state index contributed by atoms with van der Waals surface area (Å²) in [6, 6.07) is 2.95. The molecule has 0 radical (unpaired) electrons. The molecule has 1 fully saturated rings. The number of phenolic OH excluding ortho intramolecular Hbond substituents is 1. The predicted octanol–water partition coefficient (Wildman–Crippen LogP) is -5.03. The molecule has 2 aromatic heterocycles. The second-order valence-electron chi connectivity index (χ2n) is 28.8. The highest BCUT2D eigenvalue weighted by Crippen LogP contribution is 2.23. The van der Waals surface area contributed by atoms with E-state index >= 15 is 14.4 Å². The maximum Gasteiger partial charge on any atom is 0.303 e. The average Bonchev–Trinajstić information content (AvgIpc) is 1.64. The number of H-pyrrole nitrogens is 2. The number of thioether (sulfide) groups is 1. The molecule has 0 saturated carbocycles. The Balaban J connectivity index is 1.25. The minimum Gasteiger partial charge on any atom is -0.508 e. The van der Waals surface area contributed by atoms with Gasteiger partial charge >= 0.3 is 5.97 Å². The van der Waals surface area contributed by atoms with Gasteiger partial charge < -0.3 is 116 Å². The van der Waals surface area contributed by atoms with Crippen LogP contribution in [0.25, 0.3) is 10.9 Å². The molecule has 41 nitrogen and oxygen atoms in total. The van der Waals surface area contributed by atoms with Crippen molar-refractivity contribution in [3.05, 3.63) is 120 Å². The number of nitrogens with zero attached hydrogens (tertiary/aromatic N) is 2. The van der Waals surface area contributed by atoms with Crippen LogP contribution in [0.1, 0.15) is 107 Å². The van der Waals surface area contributed by atoms with Crippen LogP contribution in [-0.2, 0) is 97.6 Å². The van der Waals surface area contributed by atoms with E-state index in [0.29, 0.717) is 46.9 Å². The third kappa shape index (κ3) is 31.6. The number of nitrogens with one attached hydrogen (secondary N) is 17. The number of hydrogen-bond donors (Lipinski definition) is 24. The number of hydrogen-bond acceptors (Lipinski definition) is 23. The summed E-state index contributed by atoms with van der Waals surface area (Å²) in [6.07, 6.45) is 4.62. The van der Waals surface area contributed by atoms with E-state index in [1.54, 1.807) is 80.9 Å². The van der Waals surface area contributed by atoms with Crippen LogP contribution < -0.4 is 91.9 Å². The first-order valence-electron chi connectivity index (χ1n) is 38.8. The lowest BCUT2D eigenvalue weighted by molar-refractivity contribution is -0.142. The van der Waals surface area contributed by atoms with E-state index in [1.807, 2.05) is 0 Å². The molecule has 0 unspecified atom stereocenters. The van der Waals surface area contributed by atoms with E-state index in [4.69, 9.17) is 22.6 Å². The molecule has 648 valence electrons. The Morgan fingerprint density at radius 3 is 1.67 bits per heavy atom. The molecule has 14 amide bonds. The Labute approximate surface area is 689 Å². The number of unbranched alkanes of at least 4 members (excludes halogenated alkanes) is 1. The highest BCUT2D eigenvalue weighted by molar-refractivity contribution is 7.98. The summed E-state index contributed by atoms with van der Waals surface area (Å²) in [7, 11) is 0. The number of likely N-dealkylation sites (tertiary alicyclic amines) is 1.